The second kappa shape index (κ2) is 9.69. The molecule has 0 unspecified atom stereocenters. The van der Waals surface area contributed by atoms with Crippen LogP contribution in [-0.2, 0) is 20.9 Å². The third-order valence-corrected chi connectivity index (χ3v) is 5.15. The molecule has 1 aromatic carbocycles. The maximum Gasteiger partial charge on any atom is 0.226 e. The van der Waals surface area contributed by atoms with Crippen LogP contribution in [0.4, 0.5) is 0 Å². The Kier molecular flexibility index (Phi) is 7.03. The summed E-state index contributed by atoms with van der Waals surface area (Å²) in [7, 11) is 0. The molecule has 2 N–H and O–H groups in total. The maximum atomic E-state index is 12.5. The van der Waals surface area contributed by atoms with Crippen LogP contribution in [0.25, 0.3) is 0 Å². The first-order chi connectivity index (χ1) is 12.7. The maximum absolute atomic E-state index is 12.5. The number of rotatable bonds is 7. The molecule has 0 aromatic heterocycles. The number of nitrogens with one attached hydrogen (secondary N) is 2. The van der Waals surface area contributed by atoms with Crippen LogP contribution < -0.4 is 10.6 Å². The second-order valence-electron chi connectivity index (χ2n) is 7.15. The molecule has 6 heteroatoms. The van der Waals surface area contributed by atoms with E-state index >= 15 is 0 Å². The van der Waals surface area contributed by atoms with Gasteiger partial charge in [0.2, 0.25) is 11.8 Å². The van der Waals surface area contributed by atoms with E-state index in [1.54, 1.807) is 0 Å². The van der Waals surface area contributed by atoms with Gasteiger partial charge < -0.3 is 20.3 Å². The summed E-state index contributed by atoms with van der Waals surface area (Å²) in [5, 5.41) is 6.19. The average molecular weight is 359 g/mol. The number of benzene rings is 1. The minimum atomic E-state index is -0.144. The molecule has 6 nitrogen and oxygen atoms in total. The number of likely N-dealkylation sites (tertiary alicyclic amines) is 1. The standard InChI is InChI=1S/C20H29N3O3/c24-19(22-8-11-26-15-16-6-2-1-3-7-16)17-12-18(14-21-13-17)20(25)23-9-4-5-10-23/h1-3,6-7,17-18,21H,4-5,8-15H2,(H,22,24)/t17-,18-/m1/s1. The molecule has 2 saturated heterocycles. The number of carbonyl (C=O) groups excluding carboxylic acids is 2. The minimum absolute atomic E-state index is 0.0136. The summed E-state index contributed by atoms with van der Waals surface area (Å²) in [4.78, 5) is 26.9. The van der Waals surface area contributed by atoms with E-state index in [2.05, 4.69) is 10.6 Å². The van der Waals surface area contributed by atoms with Crippen molar-refractivity contribution in [2.45, 2.75) is 25.9 Å². The van der Waals surface area contributed by atoms with Crippen LogP contribution in [0.5, 0.6) is 0 Å². The highest BCUT2D eigenvalue weighted by atomic mass is 16.5. The van der Waals surface area contributed by atoms with Crippen LogP contribution in [0.2, 0.25) is 0 Å². The molecular formula is C20H29N3O3. The highest BCUT2D eigenvalue weighted by Gasteiger charge is 2.33. The van der Waals surface area contributed by atoms with Crippen LogP contribution in [0.3, 0.4) is 0 Å². The van der Waals surface area contributed by atoms with Gasteiger partial charge in [0.05, 0.1) is 25.0 Å². The van der Waals surface area contributed by atoms with E-state index in [4.69, 9.17) is 4.74 Å². The second-order valence-corrected chi connectivity index (χ2v) is 7.15. The van der Waals surface area contributed by atoms with Gasteiger partial charge in [0.25, 0.3) is 0 Å². The highest BCUT2D eigenvalue weighted by Crippen LogP contribution is 2.21. The molecule has 0 radical (unpaired) electrons. The number of piperidine rings is 1. The average Bonchev–Trinajstić information content (AvgIpc) is 3.23. The van der Waals surface area contributed by atoms with Crippen molar-refractivity contribution in [2.24, 2.45) is 11.8 Å². The van der Waals surface area contributed by atoms with Gasteiger partial charge in [-0.15, -0.1) is 0 Å². The first-order valence-electron chi connectivity index (χ1n) is 9.63. The molecule has 2 fully saturated rings. The Morgan fingerprint density at radius 1 is 1.12 bits per heavy atom. The quantitative estimate of drug-likeness (QED) is 0.717. The van der Waals surface area contributed by atoms with Crippen LogP contribution in [0.1, 0.15) is 24.8 Å². The molecule has 2 aliphatic heterocycles. The summed E-state index contributed by atoms with van der Waals surface area (Å²) in [6, 6.07) is 9.98. The first kappa shape index (κ1) is 18.9. The summed E-state index contributed by atoms with van der Waals surface area (Å²) in [5.74, 6) is -0.000200. The lowest BCUT2D eigenvalue weighted by molar-refractivity contribution is -0.136. The first-order valence-corrected chi connectivity index (χ1v) is 9.63. The van der Waals surface area contributed by atoms with Crippen molar-refractivity contribution in [3.05, 3.63) is 35.9 Å². The van der Waals surface area contributed by atoms with Crippen LogP contribution in [0, 0.1) is 11.8 Å². The van der Waals surface area contributed by atoms with Crippen molar-refractivity contribution >= 4 is 11.8 Å². The van der Waals surface area contributed by atoms with Crippen LogP contribution >= 0.6 is 0 Å². The molecule has 0 saturated carbocycles. The number of hydrogen-bond donors (Lipinski definition) is 2. The van der Waals surface area contributed by atoms with E-state index in [1.807, 2.05) is 35.2 Å². The Balaban J connectivity index is 1.35. The van der Waals surface area contributed by atoms with Gasteiger partial charge in [0.1, 0.15) is 0 Å². The van der Waals surface area contributed by atoms with E-state index in [0.717, 1.165) is 31.5 Å². The lowest BCUT2D eigenvalue weighted by Gasteiger charge is -2.31. The summed E-state index contributed by atoms with van der Waals surface area (Å²) >= 11 is 0. The molecule has 142 valence electrons. The smallest absolute Gasteiger partial charge is 0.226 e. The molecule has 2 aliphatic rings. The number of amides is 2. The van der Waals surface area contributed by atoms with Gasteiger partial charge in [0, 0.05) is 32.7 Å². The monoisotopic (exact) mass is 359 g/mol. The molecule has 0 aliphatic carbocycles. The van der Waals surface area contributed by atoms with Gasteiger partial charge in [-0.25, -0.2) is 0 Å². The predicted molar refractivity (Wildman–Crippen MR) is 99.4 cm³/mol. The van der Waals surface area contributed by atoms with E-state index in [1.165, 1.54) is 0 Å². The van der Waals surface area contributed by atoms with Crippen molar-refractivity contribution in [1.82, 2.24) is 15.5 Å². The number of hydrogen-bond acceptors (Lipinski definition) is 4. The Bertz CT molecular complexity index is 587. The molecule has 0 spiro atoms. The third kappa shape index (κ3) is 5.29. The molecule has 1 aromatic rings. The summed E-state index contributed by atoms with van der Waals surface area (Å²) < 4.78 is 5.59. The molecule has 3 rings (SSSR count). The summed E-state index contributed by atoms with van der Waals surface area (Å²) in [6.45, 7) is 4.58. The van der Waals surface area contributed by atoms with Gasteiger partial charge in [-0.3, -0.25) is 9.59 Å². The van der Waals surface area contributed by atoms with Crippen molar-refractivity contribution < 1.29 is 14.3 Å². The number of ether oxygens (including phenoxy) is 1. The fraction of sp³-hybridized carbons (Fsp3) is 0.600. The fourth-order valence-corrected chi connectivity index (χ4v) is 3.68. The molecule has 2 atom stereocenters. The zero-order valence-electron chi connectivity index (χ0n) is 15.3. The SMILES string of the molecule is O=C(NCCOCc1ccccc1)[C@H]1CNC[C@H](C(=O)N2CCCC2)C1. The van der Waals surface area contributed by atoms with Gasteiger partial charge in [-0.05, 0) is 24.8 Å². The van der Waals surface area contributed by atoms with Crippen LogP contribution in [-0.4, -0.2) is 56.0 Å². The normalized spacial score (nSPS) is 23.0. The van der Waals surface area contributed by atoms with Crippen molar-refractivity contribution in [2.75, 3.05) is 39.3 Å². The zero-order chi connectivity index (χ0) is 18.2. The van der Waals surface area contributed by atoms with Gasteiger partial charge >= 0.3 is 0 Å². The number of carbonyl (C=O) groups is 2. The fourth-order valence-electron chi connectivity index (χ4n) is 3.68. The molecular weight excluding hydrogens is 330 g/mol. The minimum Gasteiger partial charge on any atom is -0.375 e. The third-order valence-electron chi connectivity index (χ3n) is 5.15. The van der Waals surface area contributed by atoms with E-state index in [-0.39, 0.29) is 23.7 Å². The van der Waals surface area contributed by atoms with Gasteiger partial charge in [-0.1, -0.05) is 30.3 Å². The Labute approximate surface area is 155 Å². The lowest BCUT2D eigenvalue weighted by Crippen LogP contribution is -2.49. The molecule has 0 bridgehead atoms. The van der Waals surface area contributed by atoms with Crippen molar-refractivity contribution in [3.8, 4) is 0 Å². The predicted octanol–water partition coefficient (Wildman–Crippen LogP) is 1.17. The molecule has 2 heterocycles. The molecule has 26 heavy (non-hydrogen) atoms. The van der Waals surface area contributed by atoms with Crippen LogP contribution in [0.15, 0.2) is 30.3 Å². The van der Waals surface area contributed by atoms with E-state index < -0.39 is 0 Å². The Morgan fingerprint density at radius 3 is 2.62 bits per heavy atom. The lowest BCUT2D eigenvalue weighted by atomic mass is 9.89. The van der Waals surface area contributed by atoms with E-state index in [0.29, 0.717) is 39.3 Å². The number of nitrogens with zero attached hydrogens (tertiary/aromatic N) is 1. The van der Waals surface area contributed by atoms with Crippen molar-refractivity contribution in [3.63, 3.8) is 0 Å². The largest absolute Gasteiger partial charge is 0.375 e. The van der Waals surface area contributed by atoms with Gasteiger partial charge in [0.15, 0.2) is 0 Å². The van der Waals surface area contributed by atoms with Crippen molar-refractivity contribution in [1.29, 1.82) is 0 Å². The Morgan fingerprint density at radius 2 is 1.85 bits per heavy atom. The molecule has 2 amide bonds. The zero-order valence-corrected chi connectivity index (χ0v) is 15.3. The summed E-state index contributed by atoms with van der Waals surface area (Å²) in [5.41, 5.74) is 1.12. The Hall–Kier alpha value is -1.92. The highest BCUT2D eigenvalue weighted by molar-refractivity contribution is 5.83. The topological polar surface area (TPSA) is 70.7 Å². The summed E-state index contributed by atoms with van der Waals surface area (Å²) in [6.07, 6.45) is 2.83. The van der Waals surface area contributed by atoms with E-state index in [9.17, 15) is 9.59 Å². The van der Waals surface area contributed by atoms with Gasteiger partial charge in [-0.2, -0.15) is 0 Å².